The van der Waals surface area contributed by atoms with E-state index in [1.54, 1.807) is 23.7 Å². The second-order valence-electron chi connectivity index (χ2n) is 8.41. The normalized spacial score (nSPS) is 26.6. The van der Waals surface area contributed by atoms with Gasteiger partial charge in [-0.1, -0.05) is 6.07 Å². The average Bonchev–Trinajstić information content (AvgIpc) is 3.11. The molecule has 0 spiro atoms. The lowest BCUT2D eigenvalue weighted by atomic mass is 9.97. The molecule has 0 unspecified atom stereocenters. The maximum absolute atomic E-state index is 14.1. The Balaban J connectivity index is 1.94. The first-order chi connectivity index (χ1) is 16.4. The molecule has 3 rings (SSSR count). The van der Waals surface area contributed by atoms with Crippen LogP contribution < -0.4 is 4.74 Å². The first-order valence-corrected chi connectivity index (χ1v) is 11.5. The van der Waals surface area contributed by atoms with Gasteiger partial charge in [0, 0.05) is 23.7 Å². The first kappa shape index (κ1) is 27.3. The van der Waals surface area contributed by atoms with Crippen LogP contribution >= 0.6 is 15.9 Å². The Hall–Kier alpha value is -2.29. The van der Waals surface area contributed by atoms with Crippen molar-refractivity contribution in [3.8, 4) is 5.88 Å². The number of ether oxygens (including phenoxy) is 4. The number of benzene rings is 1. The third-order valence-electron chi connectivity index (χ3n) is 5.61. The molecule has 1 aliphatic heterocycles. The zero-order chi connectivity index (χ0) is 26.1. The molecule has 0 amide bonds. The van der Waals surface area contributed by atoms with Crippen molar-refractivity contribution in [2.24, 2.45) is 0 Å². The standard InChI is InChI=1S/C22H28BrFN2O9/c1-10(2)26-11(3)13(7-12-5-6-14(23)15(24)8-12)20(25-26)35-22(31)19(29)18(28)17(27)16(34-22)9-33-21(30)32-4/h5-6,8,10,16-19,27-29,31H,7,9H2,1-4H3/t16-,17-,18+,19-,22-/m1/s1. The molecule has 0 saturated carbocycles. The molecule has 2 aromatic rings. The molecule has 35 heavy (non-hydrogen) atoms. The van der Waals surface area contributed by atoms with Crippen LogP contribution in [0.1, 0.15) is 36.7 Å². The molecule has 0 radical (unpaired) electrons. The Kier molecular flexibility index (Phi) is 8.40. The van der Waals surface area contributed by atoms with Crippen LogP contribution in [0, 0.1) is 12.7 Å². The number of hydrogen-bond acceptors (Lipinski definition) is 10. The Morgan fingerprint density at radius 3 is 2.60 bits per heavy atom. The topological polar surface area (TPSA) is 153 Å². The summed E-state index contributed by atoms with van der Waals surface area (Å²) in [5, 5.41) is 46.4. The molecule has 194 valence electrons. The van der Waals surface area contributed by atoms with Gasteiger partial charge in [-0.15, -0.1) is 5.10 Å². The SMILES string of the molecule is COC(=O)OC[C@H]1O[C@@](O)(Oc2nn(C(C)C)c(C)c2Cc2ccc(Br)c(F)c2)[C@H](O)[C@@H](O)[C@@H]1O. The van der Waals surface area contributed by atoms with E-state index < -0.39 is 49.0 Å². The Morgan fingerprint density at radius 2 is 2.00 bits per heavy atom. The van der Waals surface area contributed by atoms with Crippen molar-refractivity contribution >= 4 is 22.1 Å². The molecule has 13 heteroatoms. The molecule has 11 nitrogen and oxygen atoms in total. The summed E-state index contributed by atoms with van der Waals surface area (Å²) in [6.45, 7) is 4.88. The maximum atomic E-state index is 14.1. The van der Waals surface area contributed by atoms with E-state index in [0.717, 1.165) is 7.11 Å². The van der Waals surface area contributed by atoms with Crippen molar-refractivity contribution in [3.63, 3.8) is 0 Å². The summed E-state index contributed by atoms with van der Waals surface area (Å²) in [4.78, 5) is 11.3. The van der Waals surface area contributed by atoms with E-state index in [2.05, 4.69) is 25.8 Å². The molecule has 1 aliphatic rings. The van der Waals surface area contributed by atoms with Gasteiger partial charge in [-0.3, -0.25) is 4.68 Å². The van der Waals surface area contributed by atoms with Crippen LogP contribution in [0.2, 0.25) is 0 Å². The van der Waals surface area contributed by atoms with Crippen LogP contribution in [0.5, 0.6) is 5.88 Å². The van der Waals surface area contributed by atoms with Crippen LogP contribution in [0.15, 0.2) is 22.7 Å². The lowest BCUT2D eigenvalue weighted by Gasteiger charge is -2.44. The van der Waals surface area contributed by atoms with Crippen molar-refractivity contribution in [1.82, 2.24) is 9.78 Å². The van der Waals surface area contributed by atoms with Gasteiger partial charge in [0.05, 0.1) is 11.6 Å². The number of methoxy groups -OCH3 is 1. The van der Waals surface area contributed by atoms with E-state index in [4.69, 9.17) is 14.2 Å². The minimum Gasteiger partial charge on any atom is -0.438 e. The fraction of sp³-hybridized carbons (Fsp3) is 0.545. The highest BCUT2D eigenvalue weighted by Crippen LogP contribution is 2.35. The summed E-state index contributed by atoms with van der Waals surface area (Å²) in [6, 6.07) is 4.47. The highest BCUT2D eigenvalue weighted by atomic mass is 79.9. The highest BCUT2D eigenvalue weighted by molar-refractivity contribution is 9.10. The van der Waals surface area contributed by atoms with Crippen molar-refractivity contribution in [1.29, 1.82) is 0 Å². The Morgan fingerprint density at radius 1 is 1.31 bits per heavy atom. The molecule has 1 saturated heterocycles. The van der Waals surface area contributed by atoms with E-state index in [9.17, 15) is 29.6 Å². The fourth-order valence-corrected chi connectivity index (χ4v) is 3.96. The predicted octanol–water partition coefficient (Wildman–Crippen LogP) is 1.55. The van der Waals surface area contributed by atoms with Crippen LogP contribution in [-0.2, 0) is 20.6 Å². The molecule has 1 fully saturated rings. The minimum atomic E-state index is -2.87. The molecule has 0 aliphatic carbocycles. The second-order valence-corrected chi connectivity index (χ2v) is 9.27. The monoisotopic (exact) mass is 562 g/mol. The summed E-state index contributed by atoms with van der Waals surface area (Å²) in [5.41, 5.74) is 1.70. The molecule has 1 aromatic heterocycles. The summed E-state index contributed by atoms with van der Waals surface area (Å²) in [6.07, 6.45) is -8.16. The van der Waals surface area contributed by atoms with Crippen molar-refractivity contribution < 1.29 is 48.6 Å². The number of rotatable bonds is 7. The molecule has 0 bridgehead atoms. The Bertz CT molecular complexity index is 1070. The number of aromatic nitrogens is 2. The molecule has 4 N–H and O–H groups in total. The molecule has 1 aromatic carbocycles. The third-order valence-corrected chi connectivity index (χ3v) is 6.26. The van der Waals surface area contributed by atoms with Gasteiger partial charge in [0.1, 0.15) is 30.7 Å². The van der Waals surface area contributed by atoms with E-state index in [-0.39, 0.29) is 18.3 Å². The zero-order valence-corrected chi connectivity index (χ0v) is 21.1. The number of halogens is 2. The number of aliphatic hydroxyl groups excluding tert-OH is 3. The molecular formula is C22H28BrFN2O9. The van der Waals surface area contributed by atoms with Crippen LogP contribution in [0.25, 0.3) is 0 Å². The summed E-state index contributed by atoms with van der Waals surface area (Å²) in [5.74, 6) is -3.48. The number of carbonyl (C=O) groups excluding carboxylic acids is 1. The molecular weight excluding hydrogens is 535 g/mol. The number of hydrogen-bond donors (Lipinski definition) is 4. The average molecular weight is 563 g/mol. The summed E-state index contributed by atoms with van der Waals surface area (Å²) >= 11 is 3.11. The smallest absolute Gasteiger partial charge is 0.438 e. The third kappa shape index (κ3) is 5.76. The predicted molar refractivity (Wildman–Crippen MR) is 121 cm³/mol. The van der Waals surface area contributed by atoms with E-state index in [1.165, 1.54) is 6.07 Å². The number of carbonyl (C=O) groups is 1. The first-order valence-electron chi connectivity index (χ1n) is 10.7. The van der Waals surface area contributed by atoms with E-state index >= 15 is 0 Å². The largest absolute Gasteiger partial charge is 0.508 e. The highest BCUT2D eigenvalue weighted by Gasteiger charge is 2.56. The summed E-state index contributed by atoms with van der Waals surface area (Å²) in [7, 11) is 1.07. The number of nitrogens with zero attached hydrogens (tertiary/aromatic N) is 2. The zero-order valence-electron chi connectivity index (χ0n) is 19.5. The van der Waals surface area contributed by atoms with Gasteiger partial charge in [0.25, 0.3) is 0 Å². The van der Waals surface area contributed by atoms with Gasteiger partial charge >= 0.3 is 12.1 Å². The van der Waals surface area contributed by atoms with Crippen molar-refractivity contribution in [3.05, 3.63) is 45.3 Å². The van der Waals surface area contributed by atoms with Crippen molar-refractivity contribution in [2.75, 3.05) is 13.7 Å². The molecule has 5 atom stereocenters. The van der Waals surface area contributed by atoms with Crippen molar-refractivity contribution in [2.45, 2.75) is 63.6 Å². The summed E-state index contributed by atoms with van der Waals surface area (Å²) < 4.78 is 36.1. The van der Waals surface area contributed by atoms with Gasteiger partial charge in [-0.05, 0) is 54.4 Å². The number of aliphatic hydroxyl groups is 4. The Labute approximate surface area is 209 Å². The second kappa shape index (κ2) is 10.8. The van der Waals surface area contributed by atoms with Crippen LogP contribution in [-0.4, -0.2) is 80.5 Å². The molecule has 2 heterocycles. The maximum Gasteiger partial charge on any atom is 0.508 e. The lowest BCUT2D eigenvalue weighted by molar-refractivity contribution is -0.423. The van der Waals surface area contributed by atoms with E-state index in [1.807, 2.05) is 13.8 Å². The minimum absolute atomic E-state index is 0.117. The van der Waals surface area contributed by atoms with Gasteiger partial charge in [0.15, 0.2) is 6.10 Å². The van der Waals surface area contributed by atoms with Gasteiger partial charge < -0.3 is 39.4 Å². The van der Waals surface area contributed by atoms with Gasteiger partial charge in [-0.2, -0.15) is 0 Å². The van der Waals surface area contributed by atoms with Crippen LogP contribution in [0.4, 0.5) is 9.18 Å². The van der Waals surface area contributed by atoms with Gasteiger partial charge in [0.2, 0.25) is 5.88 Å². The lowest BCUT2D eigenvalue weighted by Crippen LogP contribution is -2.67. The fourth-order valence-electron chi connectivity index (χ4n) is 3.71. The van der Waals surface area contributed by atoms with Gasteiger partial charge in [-0.25, -0.2) is 9.18 Å². The van der Waals surface area contributed by atoms with E-state index in [0.29, 0.717) is 21.3 Å². The quantitative estimate of drug-likeness (QED) is 0.289. The van der Waals surface area contributed by atoms with Crippen LogP contribution in [0.3, 0.4) is 0 Å².